The van der Waals surface area contributed by atoms with Gasteiger partial charge in [-0.15, -0.1) is 0 Å². The van der Waals surface area contributed by atoms with E-state index >= 15 is 0 Å². The van der Waals surface area contributed by atoms with Gasteiger partial charge in [0.2, 0.25) is 0 Å². The maximum absolute atomic E-state index is 11.8. The zero-order chi connectivity index (χ0) is 25.7. The molecule has 0 atom stereocenters. The number of aryl methyl sites for hydroxylation is 1. The Bertz CT molecular complexity index is 1180. The number of hydrogen-bond donors (Lipinski definition) is 1. The minimum absolute atomic E-state index is 0.361. The first kappa shape index (κ1) is 27.0. The lowest BCUT2D eigenvalue weighted by atomic mass is 9.89. The molecular weight excluding hydrogens is 538 g/mol. The van der Waals surface area contributed by atoms with Crippen LogP contribution in [-0.2, 0) is 24.2 Å². The fourth-order valence-corrected chi connectivity index (χ4v) is 5.68. The topological polar surface area (TPSA) is 46.5 Å². The van der Waals surface area contributed by atoms with E-state index in [9.17, 15) is 4.79 Å². The number of ether oxygens (including phenoxy) is 1. The molecule has 0 aliphatic carbocycles. The maximum atomic E-state index is 11.8. The Morgan fingerprint density at radius 1 is 1.17 bits per heavy atom. The zero-order valence-corrected chi connectivity index (χ0v) is 23.9. The molecule has 0 spiro atoms. The second kappa shape index (κ2) is 12.0. The van der Waals surface area contributed by atoms with E-state index < -0.39 is 5.60 Å². The van der Waals surface area contributed by atoms with Gasteiger partial charge in [0, 0.05) is 46.2 Å². The average molecular weight is 575 g/mol. The van der Waals surface area contributed by atoms with Crippen molar-refractivity contribution in [1.82, 2.24) is 14.8 Å². The highest BCUT2D eigenvalue weighted by Crippen LogP contribution is 2.30. The van der Waals surface area contributed by atoms with Crippen LogP contribution in [0.15, 0.2) is 53.1 Å². The average Bonchev–Trinajstić information content (AvgIpc) is 3.13. The molecule has 1 aliphatic heterocycles. The zero-order valence-electron chi connectivity index (χ0n) is 21.5. The van der Waals surface area contributed by atoms with Gasteiger partial charge in [-0.2, -0.15) is 0 Å². The molecule has 1 N–H and O–H groups in total. The summed E-state index contributed by atoms with van der Waals surface area (Å²) in [5.41, 5.74) is 3.36. The molecule has 0 radical (unpaired) electrons. The van der Waals surface area contributed by atoms with Gasteiger partial charge >= 0.3 is 6.09 Å². The summed E-state index contributed by atoms with van der Waals surface area (Å²) in [5.74, 6) is 0.713. The fraction of sp³-hybridized carbons (Fsp3) is 0.483. The standard InChI is InChI=1S/C29H37BrClN3O2/c1-29(2,3)36-28(35)32-13-6-14-34-20-25(30)24-18-22(9-10-27(24)34)17-21-11-15-33(16-12-21)19-23-7-4-5-8-26(23)31/h4-5,7-10,18,20-21H,6,11-17,19H2,1-3H3,(H,32,35). The molecule has 2 aromatic carbocycles. The largest absolute Gasteiger partial charge is 0.444 e. The van der Waals surface area contributed by atoms with Crippen LogP contribution >= 0.6 is 27.5 Å². The summed E-state index contributed by atoms with van der Waals surface area (Å²) in [4.78, 5) is 14.4. The molecule has 0 saturated carbocycles. The third kappa shape index (κ3) is 7.50. The van der Waals surface area contributed by atoms with Crippen molar-refractivity contribution in [3.63, 3.8) is 0 Å². The van der Waals surface area contributed by atoms with E-state index in [-0.39, 0.29) is 6.09 Å². The third-order valence-corrected chi connectivity index (χ3v) is 7.72. The normalized spacial score (nSPS) is 15.4. The first-order chi connectivity index (χ1) is 17.2. The minimum atomic E-state index is -0.475. The quantitative estimate of drug-likeness (QED) is 0.285. The van der Waals surface area contributed by atoms with E-state index in [4.69, 9.17) is 16.3 Å². The van der Waals surface area contributed by atoms with Gasteiger partial charge in [0.15, 0.2) is 0 Å². The molecule has 1 saturated heterocycles. The Balaban J connectivity index is 1.27. The fourth-order valence-electron chi connectivity index (χ4n) is 4.92. The van der Waals surface area contributed by atoms with Crippen LogP contribution in [-0.4, -0.2) is 40.8 Å². The number of rotatable bonds is 8. The van der Waals surface area contributed by atoms with Crippen molar-refractivity contribution in [2.45, 2.75) is 65.1 Å². The Morgan fingerprint density at radius 3 is 2.64 bits per heavy atom. The Labute approximate surface area is 228 Å². The Morgan fingerprint density at radius 2 is 1.92 bits per heavy atom. The van der Waals surface area contributed by atoms with Crippen molar-refractivity contribution in [2.75, 3.05) is 19.6 Å². The number of nitrogens with zero attached hydrogens (tertiary/aromatic N) is 2. The van der Waals surface area contributed by atoms with Gasteiger partial charge in [-0.3, -0.25) is 4.90 Å². The summed E-state index contributed by atoms with van der Waals surface area (Å²) < 4.78 is 8.68. The summed E-state index contributed by atoms with van der Waals surface area (Å²) in [6.07, 6.45) is 6.18. The predicted octanol–water partition coefficient (Wildman–Crippen LogP) is 7.43. The summed E-state index contributed by atoms with van der Waals surface area (Å²) >= 11 is 10.1. The predicted molar refractivity (Wildman–Crippen MR) is 152 cm³/mol. The SMILES string of the molecule is CC(C)(C)OC(=O)NCCCn1cc(Br)c2cc(CC3CCN(Cc4ccccc4Cl)CC3)ccc21. The van der Waals surface area contributed by atoms with Crippen LogP contribution in [0.4, 0.5) is 4.79 Å². The number of nitrogens with one attached hydrogen (secondary N) is 1. The van der Waals surface area contributed by atoms with Crippen LogP contribution in [0.25, 0.3) is 10.9 Å². The summed E-state index contributed by atoms with van der Waals surface area (Å²) in [6.45, 7) is 10.2. The molecule has 0 unspecified atom stereocenters. The number of benzene rings is 2. The van der Waals surface area contributed by atoms with E-state index in [1.54, 1.807) is 0 Å². The molecule has 5 nitrogen and oxygen atoms in total. The van der Waals surface area contributed by atoms with Crippen molar-refractivity contribution >= 4 is 44.5 Å². The number of piperidine rings is 1. The van der Waals surface area contributed by atoms with Crippen LogP contribution in [0.2, 0.25) is 5.02 Å². The lowest BCUT2D eigenvalue weighted by molar-refractivity contribution is 0.0526. The molecule has 2 heterocycles. The lowest BCUT2D eigenvalue weighted by Crippen LogP contribution is -2.33. The number of aromatic nitrogens is 1. The highest BCUT2D eigenvalue weighted by Gasteiger charge is 2.21. The number of likely N-dealkylation sites (tertiary alicyclic amines) is 1. The van der Waals surface area contributed by atoms with Crippen LogP contribution < -0.4 is 5.32 Å². The van der Waals surface area contributed by atoms with Gasteiger partial charge in [0.1, 0.15) is 5.60 Å². The van der Waals surface area contributed by atoms with Crippen molar-refractivity contribution in [1.29, 1.82) is 0 Å². The lowest BCUT2D eigenvalue weighted by Gasteiger charge is -2.32. The van der Waals surface area contributed by atoms with Crippen molar-refractivity contribution < 1.29 is 9.53 Å². The molecule has 1 aromatic heterocycles. The van der Waals surface area contributed by atoms with Crippen LogP contribution in [0, 0.1) is 5.92 Å². The molecule has 7 heteroatoms. The number of carbonyl (C=O) groups excluding carboxylic acids is 1. The van der Waals surface area contributed by atoms with Gasteiger partial charge < -0.3 is 14.6 Å². The summed E-state index contributed by atoms with van der Waals surface area (Å²) in [5, 5.41) is 4.96. The van der Waals surface area contributed by atoms with Gasteiger partial charge in [0.05, 0.1) is 0 Å². The second-order valence-corrected chi connectivity index (χ2v) is 12.1. The highest BCUT2D eigenvalue weighted by molar-refractivity contribution is 9.10. The number of amides is 1. The molecule has 36 heavy (non-hydrogen) atoms. The molecule has 4 rings (SSSR count). The first-order valence-electron chi connectivity index (χ1n) is 12.9. The van der Waals surface area contributed by atoms with Crippen molar-refractivity contribution in [3.8, 4) is 0 Å². The number of hydrogen-bond acceptors (Lipinski definition) is 3. The molecular formula is C29H37BrClN3O2. The molecule has 1 amide bonds. The Kier molecular flexibility index (Phi) is 9.02. The maximum Gasteiger partial charge on any atom is 0.407 e. The number of alkyl carbamates (subject to hydrolysis) is 1. The number of fused-ring (bicyclic) bond motifs is 1. The third-order valence-electron chi connectivity index (χ3n) is 6.72. The first-order valence-corrected chi connectivity index (χ1v) is 14.0. The van der Waals surface area contributed by atoms with E-state index in [0.717, 1.165) is 48.5 Å². The van der Waals surface area contributed by atoms with Gasteiger partial charge in [-0.25, -0.2) is 4.79 Å². The Hall–Kier alpha value is -2.02. The molecule has 1 fully saturated rings. The van der Waals surface area contributed by atoms with E-state index in [1.807, 2.05) is 32.9 Å². The van der Waals surface area contributed by atoms with E-state index in [1.165, 1.54) is 34.9 Å². The van der Waals surface area contributed by atoms with Crippen LogP contribution in [0.1, 0.15) is 51.2 Å². The smallest absolute Gasteiger partial charge is 0.407 e. The molecule has 3 aromatic rings. The molecule has 0 bridgehead atoms. The highest BCUT2D eigenvalue weighted by atomic mass is 79.9. The summed E-state index contributed by atoms with van der Waals surface area (Å²) in [7, 11) is 0. The van der Waals surface area contributed by atoms with Gasteiger partial charge in [-0.1, -0.05) is 35.9 Å². The van der Waals surface area contributed by atoms with Gasteiger partial charge in [-0.05, 0) is 111 Å². The second-order valence-electron chi connectivity index (χ2n) is 10.8. The molecule has 194 valence electrons. The number of halogens is 2. The van der Waals surface area contributed by atoms with E-state index in [2.05, 4.69) is 67.2 Å². The summed E-state index contributed by atoms with van der Waals surface area (Å²) in [6, 6.07) is 15.0. The van der Waals surface area contributed by atoms with Crippen LogP contribution in [0.5, 0.6) is 0 Å². The molecule has 1 aliphatic rings. The number of carbonyl (C=O) groups is 1. The van der Waals surface area contributed by atoms with Crippen molar-refractivity contribution in [2.24, 2.45) is 5.92 Å². The van der Waals surface area contributed by atoms with Crippen LogP contribution in [0.3, 0.4) is 0 Å². The van der Waals surface area contributed by atoms with E-state index in [0.29, 0.717) is 12.5 Å². The van der Waals surface area contributed by atoms with Gasteiger partial charge in [0.25, 0.3) is 0 Å². The monoisotopic (exact) mass is 573 g/mol. The van der Waals surface area contributed by atoms with Crippen molar-refractivity contribution in [3.05, 3.63) is 69.3 Å². The minimum Gasteiger partial charge on any atom is -0.444 e.